The third-order valence-electron chi connectivity index (χ3n) is 3.72. The lowest BCUT2D eigenvalue weighted by molar-refractivity contribution is 0.0996. The number of benzene rings is 3. The lowest BCUT2D eigenvalue weighted by Gasteiger charge is -2.23. The van der Waals surface area contributed by atoms with Gasteiger partial charge in [-0.3, -0.25) is 9.69 Å². The van der Waals surface area contributed by atoms with Crippen LogP contribution in [0.3, 0.4) is 0 Å². The fraction of sp³-hybridized carbons (Fsp3) is 0. The predicted molar refractivity (Wildman–Crippen MR) is 94.9 cm³/mol. The first-order valence-electron chi connectivity index (χ1n) is 7.20. The second-order valence-corrected chi connectivity index (χ2v) is 6.71. The molecule has 0 fully saturated rings. The van der Waals surface area contributed by atoms with Crippen LogP contribution in [0.1, 0.15) is 10.4 Å². The zero-order chi connectivity index (χ0) is 15.8. The molecule has 0 N–H and O–H groups in total. The Morgan fingerprint density at radius 2 is 1.57 bits per heavy atom. The number of anilines is 2. The summed E-state index contributed by atoms with van der Waals surface area (Å²) in [5, 5.41) is 0.663. The zero-order valence-corrected chi connectivity index (χ0v) is 13.6. The van der Waals surface area contributed by atoms with Crippen molar-refractivity contribution < 1.29 is 4.79 Å². The molecule has 0 aromatic heterocycles. The van der Waals surface area contributed by atoms with E-state index in [0.717, 1.165) is 21.2 Å². The maximum atomic E-state index is 13.2. The van der Waals surface area contributed by atoms with Crippen molar-refractivity contribution in [1.29, 1.82) is 0 Å². The molecule has 0 bridgehead atoms. The third kappa shape index (κ3) is 2.52. The van der Waals surface area contributed by atoms with E-state index in [4.69, 9.17) is 11.6 Å². The van der Waals surface area contributed by atoms with Crippen LogP contribution in [0.5, 0.6) is 0 Å². The van der Waals surface area contributed by atoms with Gasteiger partial charge in [-0.25, -0.2) is 0 Å². The highest BCUT2D eigenvalue weighted by Crippen LogP contribution is 2.44. The Hall–Kier alpha value is -2.23. The van der Waals surface area contributed by atoms with Gasteiger partial charge < -0.3 is 0 Å². The van der Waals surface area contributed by atoms with Gasteiger partial charge in [-0.2, -0.15) is 0 Å². The van der Waals surface area contributed by atoms with Gasteiger partial charge in [0.1, 0.15) is 0 Å². The first kappa shape index (κ1) is 14.4. The van der Waals surface area contributed by atoms with Gasteiger partial charge in [-0.1, -0.05) is 53.7 Å². The SMILES string of the molecule is O=C1c2ccccc2Sc2cc(Cl)ccc2N1c1ccccc1. The molecule has 1 aliphatic heterocycles. The molecule has 1 heterocycles. The fourth-order valence-corrected chi connectivity index (χ4v) is 4.00. The van der Waals surface area contributed by atoms with Crippen LogP contribution in [0.4, 0.5) is 11.4 Å². The van der Waals surface area contributed by atoms with E-state index in [2.05, 4.69) is 0 Å². The average molecular weight is 338 g/mol. The molecule has 2 nitrogen and oxygen atoms in total. The van der Waals surface area contributed by atoms with Crippen molar-refractivity contribution in [2.24, 2.45) is 0 Å². The van der Waals surface area contributed by atoms with Crippen LogP contribution in [-0.2, 0) is 0 Å². The largest absolute Gasteiger partial charge is 0.276 e. The number of hydrogen-bond donors (Lipinski definition) is 0. The summed E-state index contributed by atoms with van der Waals surface area (Å²) in [5.41, 5.74) is 2.40. The monoisotopic (exact) mass is 337 g/mol. The summed E-state index contributed by atoms with van der Waals surface area (Å²) in [4.78, 5) is 16.8. The first-order valence-corrected chi connectivity index (χ1v) is 8.39. The molecule has 112 valence electrons. The van der Waals surface area contributed by atoms with Crippen molar-refractivity contribution in [2.75, 3.05) is 4.90 Å². The smallest absolute Gasteiger partial charge is 0.264 e. The predicted octanol–water partition coefficient (Wildman–Crippen LogP) is 5.78. The van der Waals surface area contributed by atoms with Gasteiger partial charge in [0.15, 0.2) is 0 Å². The molecule has 23 heavy (non-hydrogen) atoms. The molecule has 3 aromatic carbocycles. The summed E-state index contributed by atoms with van der Waals surface area (Å²) in [7, 11) is 0. The molecule has 1 aliphatic rings. The molecule has 0 atom stereocenters. The van der Waals surface area contributed by atoms with Crippen LogP contribution in [0, 0.1) is 0 Å². The van der Waals surface area contributed by atoms with Gasteiger partial charge in [-0.05, 0) is 42.5 Å². The maximum absolute atomic E-state index is 13.2. The second-order valence-electron chi connectivity index (χ2n) is 5.19. The van der Waals surface area contributed by atoms with Crippen LogP contribution in [0.15, 0.2) is 82.6 Å². The van der Waals surface area contributed by atoms with E-state index in [9.17, 15) is 4.79 Å². The van der Waals surface area contributed by atoms with E-state index in [1.807, 2.05) is 72.8 Å². The van der Waals surface area contributed by atoms with Crippen molar-refractivity contribution in [3.63, 3.8) is 0 Å². The fourth-order valence-electron chi connectivity index (χ4n) is 2.67. The van der Waals surface area contributed by atoms with Gasteiger partial charge in [0.25, 0.3) is 5.91 Å². The standard InChI is InChI=1S/C19H12ClNOS/c20-13-10-11-16-18(12-13)23-17-9-5-4-8-15(17)19(22)21(16)14-6-2-1-3-7-14/h1-12H. The minimum absolute atomic E-state index is 0.0274. The lowest BCUT2D eigenvalue weighted by atomic mass is 10.1. The zero-order valence-electron chi connectivity index (χ0n) is 12.1. The summed E-state index contributed by atoms with van der Waals surface area (Å²) in [5.74, 6) is -0.0274. The molecular weight excluding hydrogens is 326 g/mol. The van der Waals surface area contributed by atoms with Gasteiger partial charge in [-0.15, -0.1) is 0 Å². The summed E-state index contributed by atoms with van der Waals surface area (Å²) in [6.45, 7) is 0. The minimum Gasteiger partial charge on any atom is -0.276 e. The molecule has 0 saturated heterocycles. The molecule has 4 rings (SSSR count). The normalized spacial score (nSPS) is 13.3. The molecule has 0 aliphatic carbocycles. The summed E-state index contributed by atoms with van der Waals surface area (Å²) in [6, 6.07) is 23.0. The van der Waals surface area contributed by atoms with Crippen molar-refractivity contribution in [2.45, 2.75) is 9.79 Å². The molecule has 0 radical (unpaired) electrons. The average Bonchev–Trinajstić information content (AvgIpc) is 2.69. The van der Waals surface area contributed by atoms with Crippen molar-refractivity contribution in [3.8, 4) is 0 Å². The lowest BCUT2D eigenvalue weighted by Crippen LogP contribution is -2.25. The quantitative estimate of drug-likeness (QED) is 0.560. The number of nitrogens with zero attached hydrogens (tertiary/aromatic N) is 1. The molecule has 1 amide bonds. The number of fused-ring (bicyclic) bond motifs is 2. The third-order valence-corrected chi connectivity index (χ3v) is 5.08. The van der Waals surface area contributed by atoms with Crippen LogP contribution in [0.2, 0.25) is 5.02 Å². The Bertz CT molecular complexity index is 895. The van der Waals surface area contributed by atoms with Gasteiger partial charge in [0.05, 0.1) is 11.3 Å². The summed E-state index contributed by atoms with van der Waals surface area (Å²) >= 11 is 7.74. The molecule has 0 spiro atoms. The first-order chi connectivity index (χ1) is 11.2. The van der Waals surface area contributed by atoms with Crippen molar-refractivity contribution in [1.82, 2.24) is 0 Å². The van der Waals surface area contributed by atoms with E-state index >= 15 is 0 Å². The highest BCUT2D eigenvalue weighted by molar-refractivity contribution is 7.99. The number of para-hydroxylation sites is 1. The molecular formula is C19H12ClNOS. The Morgan fingerprint density at radius 3 is 2.39 bits per heavy atom. The molecule has 0 saturated carbocycles. The van der Waals surface area contributed by atoms with Gasteiger partial charge in [0.2, 0.25) is 0 Å². The van der Waals surface area contributed by atoms with E-state index in [1.54, 1.807) is 16.7 Å². The van der Waals surface area contributed by atoms with E-state index in [1.165, 1.54) is 0 Å². The topological polar surface area (TPSA) is 20.3 Å². The second kappa shape index (κ2) is 5.76. The number of carbonyl (C=O) groups is 1. The number of amides is 1. The Morgan fingerprint density at radius 1 is 0.826 bits per heavy atom. The molecule has 4 heteroatoms. The van der Waals surface area contributed by atoms with Gasteiger partial charge >= 0.3 is 0 Å². The van der Waals surface area contributed by atoms with Gasteiger partial charge in [0, 0.05) is 20.5 Å². The van der Waals surface area contributed by atoms with E-state index in [0.29, 0.717) is 10.6 Å². The van der Waals surface area contributed by atoms with Crippen LogP contribution >= 0.6 is 23.4 Å². The highest BCUT2D eigenvalue weighted by Gasteiger charge is 2.28. The summed E-state index contributed by atoms with van der Waals surface area (Å²) in [6.07, 6.45) is 0. The number of rotatable bonds is 1. The Labute approximate surface area is 143 Å². The van der Waals surface area contributed by atoms with Crippen LogP contribution in [0.25, 0.3) is 0 Å². The minimum atomic E-state index is -0.0274. The van der Waals surface area contributed by atoms with Crippen molar-refractivity contribution in [3.05, 3.63) is 83.4 Å². The number of carbonyl (C=O) groups excluding carboxylic acids is 1. The molecule has 0 unspecified atom stereocenters. The number of hydrogen-bond acceptors (Lipinski definition) is 2. The van der Waals surface area contributed by atoms with Crippen LogP contribution < -0.4 is 4.90 Å². The number of halogens is 1. The highest BCUT2D eigenvalue weighted by atomic mass is 35.5. The Balaban J connectivity index is 1.99. The maximum Gasteiger partial charge on any atom is 0.264 e. The molecule has 3 aromatic rings. The summed E-state index contributed by atoms with van der Waals surface area (Å²) < 4.78 is 0. The van der Waals surface area contributed by atoms with E-state index in [-0.39, 0.29) is 5.91 Å². The Kier molecular flexibility index (Phi) is 3.60. The van der Waals surface area contributed by atoms with E-state index < -0.39 is 0 Å². The van der Waals surface area contributed by atoms with Crippen molar-refractivity contribution >= 4 is 40.6 Å². The van der Waals surface area contributed by atoms with Crippen LogP contribution in [-0.4, -0.2) is 5.91 Å².